The number of halogens is 1. The van der Waals surface area contributed by atoms with Crippen molar-refractivity contribution in [1.82, 2.24) is 5.16 Å². The van der Waals surface area contributed by atoms with Crippen LogP contribution in [0.2, 0.25) is 0 Å². The highest BCUT2D eigenvalue weighted by Gasteiger charge is 2.44. The lowest BCUT2D eigenvalue weighted by atomic mass is 9.86. The van der Waals surface area contributed by atoms with Crippen LogP contribution in [0.5, 0.6) is 0 Å². The fourth-order valence-electron chi connectivity index (χ4n) is 2.42. The number of hydrogen-bond donors (Lipinski definition) is 0. The van der Waals surface area contributed by atoms with Crippen LogP contribution in [0.25, 0.3) is 0 Å². The maximum absolute atomic E-state index is 12.1. The van der Waals surface area contributed by atoms with Crippen molar-refractivity contribution >= 4 is 31.7 Å². The van der Waals surface area contributed by atoms with Crippen LogP contribution in [0.4, 0.5) is 0 Å². The van der Waals surface area contributed by atoms with Crippen molar-refractivity contribution in [3.8, 4) is 11.8 Å². The molecule has 0 saturated heterocycles. The summed E-state index contributed by atoms with van der Waals surface area (Å²) >= 11 is 3.52. The molecule has 0 bridgehead atoms. The Morgan fingerprint density at radius 2 is 2.20 bits per heavy atom. The molecule has 1 aliphatic rings. The number of esters is 1. The maximum Gasteiger partial charge on any atom is 0.327 e. The number of alkyl halides is 1. The molecule has 0 radical (unpaired) electrons. The summed E-state index contributed by atoms with van der Waals surface area (Å²) in [5.41, 5.74) is 0.565. The average Bonchev–Trinajstić information content (AvgIpc) is 2.95. The van der Waals surface area contributed by atoms with Crippen LogP contribution >= 0.6 is 15.9 Å². The second-order valence-electron chi connectivity index (χ2n) is 6.44. The summed E-state index contributed by atoms with van der Waals surface area (Å²) in [5.74, 6) is 6.15. The van der Waals surface area contributed by atoms with Gasteiger partial charge >= 0.3 is 5.97 Å². The first kappa shape index (κ1) is 20.0. The first-order chi connectivity index (χ1) is 11.7. The minimum Gasteiger partial charge on any atom is -0.465 e. The Morgan fingerprint density at radius 3 is 2.76 bits per heavy atom. The van der Waals surface area contributed by atoms with E-state index < -0.39 is 20.6 Å². The van der Waals surface area contributed by atoms with E-state index in [1.807, 2.05) is 0 Å². The molecule has 138 valence electrons. The molecule has 2 rings (SSSR count). The van der Waals surface area contributed by atoms with Gasteiger partial charge in [0, 0.05) is 23.1 Å². The number of ether oxygens (including phenoxy) is 1. The van der Waals surface area contributed by atoms with Gasteiger partial charge in [-0.3, -0.25) is 4.79 Å². The van der Waals surface area contributed by atoms with Crippen molar-refractivity contribution < 1.29 is 22.5 Å². The number of nitrogens with zero attached hydrogens (tertiary/aromatic N) is 1. The number of carbonyl (C=O) groups excluding carboxylic acids is 1. The van der Waals surface area contributed by atoms with E-state index in [9.17, 15) is 13.2 Å². The molecule has 6 nitrogen and oxygen atoms in total. The molecule has 1 saturated carbocycles. The lowest BCUT2D eigenvalue weighted by Gasteiger charge is -2.26. The number of hydrogen-bond acceptors (Lipinski definition) is 6. The molecule has 8 heteroatoms. The van der Waals surface area contributed by atoms with E-state index in [1.54, 1.807) is 13.0 Å². The van der Waals surface area contributed by atoms with Crippen molar-refractivity contribution in [2.75, 3.05) is 12.9 Å². The number of rotatable bonds is 6. The normalized spacial score (nSPS) is 22.2. The Bertz CT molecular complexity index is 785. The predicted octanol–water partition coefficient (Wildman–Crippen LogP) is 2.50. The number of sulfone groups is 1. The molecule has 1 aliphatic carbocycles. The molecule has 0 N–H and O–H groups in total. The summed E-state index contributed by atoms with van der Waals surface area (Å²) in [6, 6.07) is 1.69. The zero-order valence-electron chi connectivity index (χ0n) is 14.5. The molecule has 1 atom stereocenters. The smallest absolute Gasteiger partial charge is 0.327 e. The van der Waals surface area contributed by atoms with Gasteiger partial charge in [0.15, 0.2) is 14.6 Å². The Morgan fingerprint density at radius 1 is 1.52 bits per heavy atom. The van der Waals surface area contributed by atoms with Crippen LogP contribution < -0.4 is 0 Å². The first-order valence-electron chi connectivity index (χ1n) is 8.13. The molecule has 1 heterocycles. The van der Waals surface area contributed by atoms with E-state index in [-0.39, 0.29) is 19.4 Å². The van der Waals surface area contributed by atoms with E-state index in [0.29, 0.717) is 22.2 Å². The maximum atomic E-state index is 12.1. The number of aromatic nitrogens is 1. The third kappa shape index (κ3) is 4.85. The summed E-state index contributed by atoms with van der Waals surface area (Å²) in [4.78, 5) is 12.7. The molecular formula is C17H22BrNO5S. The van der Waals surface area contributed by atoms with Gasteiger partial charge in [0.2, 0.25) is 5.76 Å². The molecule has 0 aromatic carbocycles. The molecule has 1 aromatic heterocycles. The van der Waals surface area contributed by atoms with Gasteiger partial charge in [-0.1, -0.05) is 27.0 Å². The van der Waals surface area contributed by atoms with Gasteiger partial charge in [-0.15, -0.1) is 0 Å². The monoisotopic (exact) mass is 431 g/mol. The lowest BCUT2D eigenvalue weighted by molar-refractivity contribution is -0.146. The van der Waals surface area contributed by atoms with Crippen LogP contribution in [-0.4, -0.2) is 42.0 Å². The highest BCUT2D eigenvalue weighted by molar-refractivity contribution is 9.09. The van der Waals surface area contributed by atoms with Gasteiger partial charge in [-0.05, 0) is 45.5 Å². The van der Waals surface area contributed by atoms with Crippen LogP contribution in [0.3, 0.4) is 0 Å². The van der Waals surface area contributed by atoms with Crippen molar-refractivity contribution in [2.24, 2.45) is 5.92 Å². The van der Waals surface area contributed by atoms with E-state index in [2.05, 4.69) is 32.9 Å². The van der Waals surface area contributed by atoms with Crippen molar-refractivity contribution in [3.05, 3.63) is 17.5 Å². The van der Waals surface area contributed by atoms with Crippen LogP contribution in [-0.2, 0) is 25.8 Å². The molecule has 25 heavy (non-hydrogen) atoms. The number of aryl methyl sites for hydroxylation is 1. The topological polar surface area (TPSA) is 86.5 Å². The number of carbonyl (C=O) groups is 1. The van der Waals surface area contributed by atoms with Gasteiger partial charge in [-0.25, -0.2) is 8.42 Å². The molecule has 0 spiro atoms. The molecule has 0 amide bonds. The van der Waals surface area contributed by atoms with Gasteiger partial charge in [-0.2, -0.15) is 0 Å². The Hall–Kier alpha value is -1.33. The Labute approximate surface area is 156 Å². The summed E-state index contributed by atoms with van der Waals surface area (Å²) in [6.45, 7) is 3.15. The molecule has 0 aliphatic heterocycles. The Kier molecular flexibility index (Phi) is 6.33. The Balaban J connectivity index is 2.02. The van der Waals surface area contributed by atoms with Crippen molar-refractivity contribution in [2.45, 2.75) is 49.1 Å². The van der Waals surface area contributed by atoms with Gasteiger partial charge in [0.25, 0.3) is 0 Å². The van der Waals surface area contributed by atoms with Crippen molar-refractivity contribution in [1.29, 1.82) is 0 Å². The largest absolute Gasteiger partial charge is 0.465 e. The quantitative estimate of drug-likeness (QED) is 0.390. The minimum atomic E-state index is -3.64. The third-order valence-electron chi connectivity index (χ3n) is 4.42. The molecule has 1 aromatic rings. The van der Waals surface area contributed by atoms with Gasteiger partial charge < -0.3 is 9.26 Å². The van der Waals surface area contributed by atoms with Gasteiger partial charge in [0.05, 0.1) is 12.3 Å². The second kappa shape index (κ2) is 7.92. The molecular weight excluding hydrogens is 410 g/mol. The zero-order chi connectivity index (χ0) is 18.7. The average molecular weight is 432 g/mol. The fourth-order valence-corrected chi connectivity index (χ4v) is 4.15. The summed E-state index contributed by atoms with van der Waals surface area (Å²) in [7, 11) is -3.64. The highest BCUT2D eigenvalue weighted by Crippen LogP contribution is 2.32. The van der Waals surface area contributed by atoms with Gasteiger partial charge in [0.1, 0.15) is 0 Å². The van der Waals surface area contributed by atoms with Crippen molar-refractivity contribution in [3.63, 3.8) is 0 Å². The SMILES string of the molecule is CCOC(=O)C(C)(CCc1cc(C#CC2CC(Br)C2)on1)S(C)(=O)=O. The van der Waals surface area contributed by atoms with E-state index >= 15 is 0 Å². The third-order valence-corrected chi connectivity index (χ3v) is 7.18. The predicted molar refractivity (Wildman–Crippen MR) is 97.0 cm³/mol. The minimum absolute atomic E-state index is 0.0674. The fraction of sp³-hybridized carbons (Fsp3) is 0.647. The van der Waals surface area contributed by atoms with Crippen LogP contribution in [0, 0.1) is 17.8 Å². The molecule has 1 fully saturated rings. The zero-order valence-corrected chi connectivity index (χ0v) is 16.9. The lowest BCUT2D eigenvalue weighted by Crippen LogP contribution is -2.44. The van der Waals surface area contributed by atoms with Crippen LogP contribution in [0.15, 0.2) is 10.6 Å². The standard InChI is InChI=1S/C17H22BrNO5S/c1-4-23-16(20)17(2,25(3,21)22)8-7-14-11-15(24-19-14)6-5-12-9-13(18)10-12/h11-13H,4,7-10H2,1-3H3. The first-order valence-corrected chi connectivity index (χ1v) is 10.9. The van der Waals surface area contributed by atoms with E-state index in [0.717, 1.165) is 19.1 Å². The van der Waals surface area contributed by atoms with E-state index in [1.165, 1.54) is 6.92 Å². The van der Waals surface area contributed by atoms with E-state index in [4.69, 9.17) is 9.26 Å². The highest BCUT2D eigenvalue weighted by atomic mass is 79.9. The summed E-state index contributed by atoms with van der Waals surface area (Å²) in [5, 5.41) is 3.91. The summed E-state index contributed by atoms with van der Waals surface area (Å²) < 4.78 is 32.6. The summed E-state index contributed by atoms with van der Waals surface area (Å²) in [6.07, 6.45) is 3.44. The second-order valence-corrected chi connectivity index (χ2v) is 10.2. The van der Waals surface area contributed by atoms with Crippen LogP contribution in [0.1, 0.15) is 44.6 Å². The molecule has 1 unspecified atom stereocenters.